The maximum atomic E-state index is 12.1. The van der Waals surface area contributed by atoms with E-state index in [1.54, 1.807) is 0 Å². The fourth-order valence-electron chi connectivity index (χ4n) is 2.38. The van der Waals surface area contributed by atoms with Crippen LogP contribution in [0.2, 0.25) is 0 Å². The van der Waals surface area contributed by atoms with Crippen molar-refractivity contribution in [2.45, 2.75) is 26.4 Å². The maximum Gasteiger partial charge on any atom is 0.223 e. The number of benzene rings is 2. The molecule has 0 aliphatic heterocycles. The topological polar surface area (TPSA) is 49.3 Å². The zero-order chi connectivity index (χ0) is 15.8. The molecule has 0 spiro atoms. The number of carbonyl (C=O) groups is 1. The van der Waals surface area contributed by atoms with Crippen molar-refractivity contribution < 1.29 is 9.90 Å². The number of carbonyl (C=O) groups excluding carboxylic acids is 1. The first kappa shape index (κ1) is 16.2. The fourth-order valence-corrected chi connectivity index (χ4v) is 2.38. The third kappa shape index (κ3) is 5.01. The second kappa shape index (κ2) is 8.35. The molecule has 22 heavy (non-hydrogen) atoms. The van der Waals surface area contributed by atoms with Gasteiger partial charge in [-0.3, -0.25) is 4.79 Å². The van der Waals surface area contributed by atoms with Crippen LogP contribution in [0.1, 0.15) is 23.6 Å². The largest absolute Gasteiger partial charge is 0.392 e. The quantitative estimate of drug-likeness (QED) is 0.825. The van der Waals surface area contributed by atoms with Crippen LogP contribution in [0.3, 0.4) is 0 Å². The van der Waals surface area contributed by atoms with E-state index in [9.17, 15) is 4.79 Å². The minimum atomic E-state index is -0.0286. The van der Waals surface area contributed by atoms with Crippen LogP contribution in [0.15, 0.2) is 54.6 Å². The molecule has 3 heteroatoms. The number of aliphatic hydroxyl groups is 1. The molecule has 0 saturated heterocycles. The first-order valence-corrected chi connectivity index (χ1v) is 7.69. The summed E-state index contributed by atoms with van der Waals surface area (Å²) >= 11 is 0. The van der Waals surface area contributed by atoms with Crippen molar-refractivity contribution in [1.29, 1.82) is 0 Å². The average Bonchev–Trinajstić information content (AvgIpc) is 2.56. The molecular weight excluding hydrogens is 274 g/mol. The Morgan fingerprint density at radius 1 is 1.00 bits per heavy atom. The van der Waals surface area contributed by atoms with E-state index in [4.69, 9.17) is 5.11 Å². The molecular formula is C19H23NO2. The van der Waals surface area contributed by atoms with Gasteiger partial charge in [0.25, 0.3) is 0 Å². The summed E-state index contributed by atoms with van der Waals surface area (Å²) in [4.78, 5) is 12.1. The molecule has 0 radical (unpaired) electrons. The molecule has 0 aliphatic rings. The van der Waals surface area contributed by atoms with Gasteiger partial charge in [-0.1, -0.05) is 61.5 Å². The predicted molar refractivity (Wildman–Crippen MR) is 88.4 cm³/mol. The van der Waals surface area contributed by atoms with Crippen LogP contribution in [0.5, 0.6) is 0 Å². The van der Waals surface area contributed by atoms with Crippen LogP contribution in [0, 0.1) is 5.92 Å². The van der Waals surface area contributed by atoms with Crippen LogP contribution < -0.4 is 5.32 Å². The SMILES string of the molecule is CC(Cc1ccccc1)C(=O)NCCc1ccc(CO)cc1. The Morgan fingerprint density at radius 3 is 2.27 bits per heavy atom. The normalized spacial score (nSPS) is 11.9. The fraction of sp³-hybridized carbons (Fsp3) is 0.316. The molecule has 1 atom stereocenters. The Balaban J connectivity index is 1.74. The lowest BCUT2D eigenvalue weighted by Crippen LogP contribution is -2.31. The Labute approximate surface area is 132 Å². The summed E-state index contributed by atoms with van der Waals surface area (Å²) in [5.74, 6) is 0.0648. The van der Waals surface area contributed by atoms with Crippen molar-refractivity contribution in [2.24, 2.45) is 5.92 Å². The number of rotatable bonds is 7. The van der Waals surface area contributed by atoms with Gasteiger partial charge in [0.1, 0.15) is 0 Å². The summed E-state index contributed by atoms with van der Waals surface area (Å²) in [7, 11) is 0. The zero-order valence-electron chi connectivity index (χ0n) is 13.0. The second-order valence-electron chi connectivity index (χ2n) is 5.61. The molecule has 0 aromatic heterocycles. The second-order valence-corrected chi connectivity index (χ2v) is 5.61. The van der Waals surface area contributed by atoms with Crippen molar-refractivity contribution >= 4 is 5.91 Å². The lowest BCUT2D eigenvalue weighted by Gasteiger charge is -2.12. The third-order valence-corrected chi connectivity index (χ3v) is 3.75. The van der Waals surface area contributed by atoms with Gasteiger partial charge < -0.3 is 10.4 Å². The summed E-state index contributed by atoms with van der Waals surface area (Å²) < 4.78 is 0. The third-order valence-electron chi connectivity index (χ3n) is 3.75. The molecule has 2 aromatic rings. The van der Waals surface area contributed by atoms with Gasteiger partial charge in [0.15, 0.2) is 0 Å². The van der Waals surface area contributed by atoms with Crippen LogP contribution >= 0.6 is 0 Å². The van der Waals surface area contributed by atoms with Gasteiger partial charge in [-0.05, 0) is 29.5 Å². The monoisotopic (exact) mass is 297 g/mol. The van der Waals surface area contributed by atoms with Crippen molar-refractivity contribution in [2.75, 3.05) is 6.54 Å². The molecule has 1 unspecified atom stereocenters. The molecule has 0 fully saturated rings. The van der Waals surface area contributed by atoms with E-state index in [2.05, 4.69) is 5.32 Å². The molecule has 0 saturated carbocycles. The molecule has 0 heterocycles. The highest BCUT2D eigenvalue weighted by atomic mass is 16.3. The number of hydrogen-bond donors (Lipinski definition) is 2. The highest BCUT2D eigenvalue weighted by molar-refractivity contribution is 5.78. The van der Waals surface area contributed by atoms with E-state index in [-0.39, 0.29) is 18.4 Å². The maximum absolute atomic E-state index is 12.1. The van der Waals surface area contributed by atoms with Gasteiger partial charge in [-0.25, -0.2) is 0 Å². The molecule has 116 valence electrons. The molecule has 1 amide bonds. The van der Waals surface area contributed by atoms with E-state index in [1.807, 2.05) is 61.5 Å². The smallest absolute Gasteiger partial charge is 0.223 e. The summed E-state index contributed by atoms with van der Waals surface area (Å²) in [5, 5.41) is 12.0. The highest BCUT2D eigenvalue weighted by Crippen LogP contribution is 2.08. The molecule has 0 bridgehead atoms. The lowest BCUT2D eigenvalue weighted by molar-refractivity contribution is -0.124. The van der Waals surface area contributed by atoms with Crippen LogP contribution in [-0.2, 0) is 24.2 Å². The number of nitrogens with one attached hydrogen (secondary N) is 1. The Bertz CT molecular complexity index is 578. The Morgan fingerprint density at radius 2 is 1.64 bits per heavy atom. The van der Waals surface area contributed by atoms with Gasteiger partial charge in [0.05, 0.1) is 6.61 Å². The van der Waals surface area contributed by atoms with Crippen molar-refractivity contribution in [3.63, 3.8) is 0 Å². The number of aliphatic hydroxyl groups excluding tert-OH is 1. The minimum absolute atomic E-state index is 0.0286. The van der Waals surface area contributed by atoms with Gasteiger partial charge >= 0.3 is 0 Å². The molecule has 2 aromatic carbocycles. The Hall–Kier alpha value is -2.13. The summed E-state index contributed by atoms with van der Waals surface area (Å²) in [5.41, 5.74) is 3.25. The number of amides is 1. The van der Waals surface area contributed by atoms with Crippen molar-refractivity contribution in [1.82, 2.24) is 5.32 Å². The van der Waals surface area contributed by atoms with E-state index in [1.165, 1.54) is 5.56 Å². The van der Waals surface area contributed by atoms with Crippen LogP contribution in [-0.4, -0.2) is 17.6 Å². The van der Waals surface area contributed by atoms with Crippen molar-refractivity contribution in [3.8, 4) is 0 Å². The molecule has 2 N–H and O–H groups in total. The van der Waals surface area contributed by atoms with E-state index >= 15 is 0 Å². The summed E-state index contributed by atoms with van der Waals surface area (Å²) in [6.45, 7) is 2.66. The van der Waals surface area contributed by atoms with Crippen LogP contribution in [0.4, 0.5) is 0 Å². The summed E-state index contributed by atoms with van der Waals surface area (Å²) in [6.07, 6.45) is 1.56. The van der Waals surface area contributed by atoms with Gasteiger partial charge in [-0.2, -0.15) is 0 Å². The highest BCUT2D eigenvalue weighted by Gasteiger charge is 2.12. The Kier molecular flexibility index (Phi) is 6.16. The molecule has 3 nitrogen and oxygen atoms in total. The first-order valence-electron chi connectivity index (χ1n) is 7.69. The van der Waals surface area contributed by atoms with Gasteiger partial charge in [-0.15, -0.1) is 0 Å². The molecule has 2 rings (SSSR count). The van der Waals surface area contributed by atoms with E-state index < -0.39 is 0 Å². The lowest BCUT2D eigenvalue weighted by atomic mass is 10.0. The van der Waals surface area contributed by atoms with E-state index in [0.29, 0.717) is 6.54 Å². The molecule has 0 aliphatic carbocycles. The first-order chi connectivity index (χ1) is 10.7. The van der Waals surface area contributed by atoms with Gasteiger partial charge in [0.2, 0.25) is 5.91 Å². The van der Waals surface area contributed by atoms with Gasteiger partial charge in [0, 0.05) is 12.5 Å². The number of hydrogen-bond acceptors (Lipinski definition) is 2. The zero-order valence-corrected chi connectivity index (χ0v) is 13.0. The van der Waals surface area contributed by atoms with Crippen LogP contribution in [0.25, 0.3) is 0 Å². The predicted octanol–water partition coefficient (Wildman–Crippen LogP) is 2.72. The van der Waals surface area contributed by atoms with Crippen molar-refractivity contribution in [3.05, 3.63) is 71.3 Å². The van der Waals surface area contributed by atoms with E-state index in [0.717, 1.165) is 24.0 Å². The standard InChI is InChI=1S/C19H23NO2/c1-15(13-17-5-3-2-4-6-17)19(22)20-12-11-16-7-9-18(14-21)10-8-16/h2-10,15,21H,11-14H2,1H3,(H,20,22). The minimum Gasteiger partial charge on any atom is -0.392 e. The average molecular weight is 297 g/mol. The summed E-state index contributed by atoms with van der Waals surface area (Å²) in [6, 6.07) is 17.9.